The monoisotopic (exact) mass is 294 g/mol. The van der Waals surface area contributed by atoms with Gasteiger partial charge in [-0.1, -0.05) is 11.8 Å². The lowest BCUT2D eigenvalue weighted by molar-refractivity contribution is -0.419. The minimum atomic E-state index is -6.67. The molecule has 0 radical (unpaired) electrons. The van der Waals surface area contributed by atoms with Crippen molar-refractivity contribution in [3.05, 3.63) is 11.2 Å². The summed E-state index contributed by atoms with van der Waals surface area (Å²) in [6.45, 7) is 0. The number of hydrogen-bond donors (Lipinski definition) is 0. The van der Waals surface area contributed by atoms with Crippen molar-refractivity contribution in [2.45, 2.75) is 18.2 Å². The van der Waals surface area contributed by atoms with Crippen LogP contribution in [0, 0.1) is 0 Å². The fourth-order valence-electron chi connectivity index (χ4n) is 0.462. The van der Waals surface area contributed by atoms with Gasteiger partial charge >= 0.3 is 24.2 Å². The zero-order valence-electron chi connectivity index (χ0n) is 7.72. The smallest absolute Gasteiger partial charge is 0.399 e. The van der Waals surface area contributed by atoms with Crippen molar-refractivity contribution in [2.75, 3.05) is 6.26 Å². The van der Waals surface area contributed by atoms with Crippen molar-refractivity contribution in [2.24, 2.45) is 0 Å². The van der Waals surface area contributed by atoms with E-state index in [1.807, 2.05) is 0 Å². The molecule has 0 aliphatic heterocycles. The van der Waals surface area contributed by atoms with Crippen molar-refractivity contribution in [1.29, 1.82) is 0 Å². The number of halogens is 9. The van der Waals surface area contributed by atoms with Gasteiger partial charge in [-0.05, 0) is 6.26 Å². The summed E-state index contributed by atoms with van der Waals surface area (Å²) >= 11 is -0.155. The van der Waals surface area contributed by atoms with E-state index in [4.69, 9.17) is 0 Å². The number of thioether (sulfide) groups is 1. The van der Waals surface area contributed by atoms with Crippen molar-refractivity contribution in [1.82, 2.24) is 0 Å². The molecule has 17 heavy (non-hydrogen) atoms. The van der Waals surface area contributed by atoms with E-state index in [2.05, 4.69) is 4.74 Å². The summed E-state index contributed by atoms with van der Waals surface area (Å²) in [6, 6.07) is -2.86. The van der Waals surface area contributed by atoms with Gasteiger partial charge in [0.05, 0.1) is 0 Å². The van der Waals surface area contributed by atoms with Crippen LogP contribution >= 0.6 is 11.8 Å². The molecule has 11 heteroatoms. The molecule has 0 heterocycles. The van der Waals surface area contributed by atoms with Crippen LogP contribution in [-0.2, 0) is 4.74 Å². The Kier molecular flexibility index (Phi) is 4.65. The third-order valence-electron chi connectivity index (χ3n) is 1.27. The van der Waals surface area contributed by atoms with Crippen LogP contribution in [0.4, 0.5) is 39.5 Å². The molecule has 0 bridgehead atoms. The quantitative estimate of drug-likeness (QED) is 0.567. The molecular weight excluding hydrogens is 291 g/mol. The van der Waals surface area contributed by atoms with E-state index in [-0.39, 0.29) is 11.8 Å². The average molecular weight is 294 g/mol. The minimum absolute atomic E-state index is 0.155. The summed E-state index contributed by atoms with van der Waals surface area (Å²) in [4.78, 5) is 0. The second kappa shape index (κ2) is 4.86. The molecule has 0 fully saturated rings. The molecule has 1 nitrogen and oxygen atoms in total. The van der Waals surface area contributed by atoms with Crippen LogP contribution in [-0.4, -0.2) is 24.5 Å². The van der Waals surface area contributed by atoms with E-state index in [1.54, 1.807) is 0 Å². The molecule has 0 aromatic carbocycles. The Hall–Kier alpha value is -0.740. The first-order valence-corrected chi connectivity index (χ1v) is 4.70. The van der Waals surface area contributed by atoms with Crippen LogP contribution < -0.4 is 0 Å². The van der Waals surface area contributed by atoms with Crippen LogP contribution in [0.15, 0.2) is 11.2 Å². The van der Waals surface area contributed by atoms with Crippen LogP contribution in [0.5, 0.6) is 0 Å². The summed E-state index contributed by atoms with van der Waals surface area (Å²) in [5.41, 5.74) is 0. The van der Waals surface area contributed by atoms with Gasteiger partial charge in [0.15, 0.2) is 0 Å². The highest BCUT2D eigenvalue weighted by atomic mass is 32.2. The Morgan fingerprint density at radius 3 is 1.65 bits per heavy atom. The number of alkyl halides is 7. The maximum atomic E-state index is 12.3. The molecule has 0 aromatic heterocycles. The molecule has 0 aromatic rings. The maximum absolute atomic E-state index is 12.3. The zero-order valence-corrected chi connectivity index (χ0v) is 8.53. The first kappa shape index (κ1) is 16.3. The Morgan fingerprint density at radius 2 is 1.35 bits per heavy atom. The Labute approximate surface area is 92.6 Å². The van der Waals surface area contributed by atoms with Gasteiger partial charge in [-0.25, -0.2) is 0 Å². The molecule has 0 amide bonds. The fourth-order valence-corrected chi connectivity index (χ4v) is 0.664. The van der Waals surface area contributed by atoms with E-state index in [0.717, 1.165) is 6.26 Å². The van der Waals surface area contributed by atoms with Crippen molar-refractivity contribution in [3.8, 4) is 0 Å². The predicted octanol–water partition coefficient (Wildman–Crippen LogP) is 4.22. The number of ether oxygens (including phenoxy) is 1. The largest absolute Gasteiger partial charge is 0.476 e. The molecule has 0 atom stereocenters. The van der Waals surface area contributed by atoms with E-state index in [9.17, 15) is 39.5 Å². The molecule has 0 aliphatic rings. The highest BCUT2D eigenvalue weighted by Crippen LogP contribution is 2.48. The van der Waals surface area contributed by atoms with Crippen LogP contribution in [0.25, 0.3) is 0 Å². The van der Waals surface area contributed by atoms with Gasteiger partial charge in [0.2, 0.25) is 5.16 Å². The summed E-state index contributed by atoms with van der Waals surface area (Å²) < 4.78 is 110. The Morgan fingerprint density at radius 1 is 0.941 bits per heavy atom. The second-order valence-electron chi connectivity index (χ2n) is 2.44. The lowest BCUT2D eigenvalue weighted by atomic mass is 10.3. The minimum Gasteiger partial charge on any atom is -0.399 e. The molecule has 0 spiro atoms. The summed E-state index contributed by atoms with van der Waals surface area (Å²) in [5.74, 6) is -6.66. The molecule has 102 valence electrons. The Balaban J connectivity index is 5.18. The molecule has 0 unspecified atom stereocenters. The summed E-state index contributed by atoms with van der Waals surface area (Å²) in [5, 5.41) is -2.09. The highest BCUT2D eigenvalue weighted by molar-refractivity contribution is 8.02. The third kappa shape index (κ3) is 3.36. The van der Waals surface area contributed by atoms with Gasteiger partial charge in [0, 0.05) is 0 Å². The normalized spacial score (nSPS) is 15.6. The van der Waals surface area contributed by atoms with Gasteiger partial charge in [0.1, 0.15) is 0 Å². The predicted molar refractivity (Wildman–Crippen MR) is 39.8 cm³/mol. The van der Waals surface area contributed by atoms with Crippen LogP contribution in [0.1, 0.15) is 0 Å². The van der Waals surface area contributed by atoms with E-state index < -0.39 is 29.4 Å². The first-order chi connectivity index (χ1) is 7.37. The number of hydrogen-bond acceptors (Lipinski definition) is 2. The van der Waals surface area contributed by atoms with Crippen molar-refractivity contribution in [3.63, 3.8) is 0 Å². The topological polar surface area (TPSA) is 9.23 Å². The van der Waals surface area contributed by atoms with Gasteiger partial charge in [-0.2, -0.15) is 39.5 Å². The molecule has 0 N–H and O–H groups in total. The lowest BCUT2D eigenvalue weighted by Gasteiger charge is -2.26. The standard InChI is InChI=1S/C6H3F9OS/c1-17-3(8)2(7)16-6(14,15)4(9,10)5(11,12)13/h1H3/b3-2+. The van der Waals surface area contributed by atoms with E-state index in [1.165, 1.54) is 0 Å². The SMILES string of the molecule is CS/C(F)=C(\F)OC(F)(F)C(F)(F)C(F)(F)F. The average Bonchev–Trinajstić information content (AvgIpc) is 2.13. The van der Waals surface area contributed by atoms with Crippen LogP contribution in [0.3, 0.4) is 0 Å². The van der Waals surface area contributed by atoms with E-state index in [0.29, 0.717) is 0 Å². The summed E-state index contributed by atoms with van der Waals surface area (Å²) in [6.07, 6.45) is -12.1. The molecule has 0 rings (SSSR count). The summed E-state index contributed by atoms with van der Waals surface area (Å²) in [7, 11) is 0. The van der Waals surface area contributed by atoms with Crippen molar-refractivity contribution >= 4 is 11.8 Å². The van der Waals surface area contributed by atoms with Crippen LogP contribution in [0.2, 0.25) is 0 Å². The maximum Gasteiger partial charge on any atom is 0.476 e. The Bertz CT molecular complexity index is 307. The second-order valence-corrected chi connectivity index (χ2v) is 3.21. The van der Waals surface area contributed by atoms with E-state index >= 15 is 0 Å². The van der Waals surface area contributed by atoms with Crippen molar-refractivity contribution < 1.29 is 44.3 Å². The highest BCUT2D eigenvalue weighted by Gasteiger charge is 2.76. The first-order valence-electron chi connectivity index (χ1n) is 3.47. The lowest BCUT2D eigenvalue weighted by Crippen LogP contribution is -2.53. The molecular formula is C6H3F9OS. The van der Waals surface area contributed by atoms with Gasteiger partial charge < -0.3 is 4.74 Å². The number of rotatable bonds is 4. The molecule has 0 aliphatic carbocycles. The molecule has 0 saturated carbocycles. The van der Waals surface area contributed by atoms with Gasteiger partial charge in [-0.15, -0.1) is 0 Å². The van der Waals surface area contributed by atoms with Gasteiger partial charge in [-0.3, -0.25) is 0 Å². The molecule has 0 saturated heterocycles. The zero-order chi connectivity index (χ0) is 14.1. The van der Waals surface area contributed by atoms with Gasteiger partial charge in [0.25, 0.3) is 0 Å². The fraction of sp³-hybridized carbons (Fsp3) is 0.667. The third-order valence-corrected chi connectivity index (χ3v) is 1.79.